The SMILES string of the molecule is Cn1c(C(=O)CN)cc2c(F)cccc21. The maximum Gasteiger partial charge on any atom is 0.192 e. The minimum absolute atomic E-state index is 0.0637. The van der Waals surface area contributed by atoms with Crippen molar-refractivity contribution in [2.75, 3.05) is 6.54 Å². The summed E-state index contributed by atoms with van der Waals surface area (Å²) in [5, 5.41) is 0.455. The number of aromatic nitrogens is 1. The fraction of sp³-hybridized carbons (Fsp3) is 0.182. The van der Waals surface area contributed by atoms with Crippen molar-refractivity contribution in [3.8, 4) is 0 Å². The second-order valence-corrected chi connectivity index (χ2v) is 3.39. The van der Waals surface area contributed by atoms with Crippen LogP contribution in [0, 0.1) is 5.82 Å². The molecule has 1 aromatic carbocycles. The second kappa shape index (κ2) is 3.47. The van der Waals surface area contributed by atoms with Crippen molar-refractivity contribution in [1.82, 2.24) is 4.57 Å². The minimum atomic E-state index is -0.320. The number of rotatable bonds is 2. The smallest absolute Gasteiger partial charge is 0.192 e. The maximum atomic E-state index is 13.4. The average Bonchev–Trinajstić information content (AvgIpc) is 2.57. The molecule has 0 fully saturated rings. The first-order valence-corrected chi connectivity index (χ1v) is 4.62. The number of nitrogens with zero attached hydrogens (tertiary/aromatic N) is 1. The average molecular weight is 206 g/mol. The van der Waals surface area contributed by atoms with Crippen LogP contribution < -0.4 is 5.73 Å². The zero-order chi connectivity index (χ0) is 11.0. The number of carbonyl (C=O) groups excluding carboxylic acids is 1. The first-order valence-electron chi connectivity index (χ1n) is 4.62. The molecule has 0 radical (unpaired) electrons. The highest BCUT2D eigenvalue weighted by molar-refractivity contribution is 6.01. The number of carbonyl (C=O) groups is 1. The molecular formula is C11H11FN2O. The van der Waals surface area contributed by atoms with E-state index in [4.69, 9.17) is 5.73 Å². The Bertz CT molecular complexity index is 531. The van der Waals surface area contributed by atoms with Crippen LogP contribution in [0.15, 0.2) is 24.3 Å². The number of benzene rings is 1. The molecule has 0 aliphatic rings. The molecule has 15 heavy (non-hydrogen) atoms. The predicted octanol–water partition coefficient (Wildman–Crippen LogP) is 1.46. The van der Waals surface area contributed by atoms with Gasteiger partial charge in [-0.15, -0.1) is 0 Å². The number of fused-ring (bicyclic) bond motifs is 1. The molecule has 1 aromatic heterocycles. The fourth-order valence-electron chi connectivity index (χ4n) is 1.70. The van der Waals surface area contributed by atoms with Gasteiger partial charge < -0.3 is 10.3 Å². The van der Waals surface area contributed by atoms with Crippen molar-refractivity contribution in [3.63, 3.8) is 0 Å². The molecule has 2 aromatic rings. The van der Waals surface area contributed by atoms with Crippen LogP contribution >= 0.6 is 0 Å². The molecule has 0 amide bonds. The molecule has 0 aliphatic carbocycles. The van der Waals surface area contributed by atoms with E-state index in [0.29, 0.717) is 16.6 Å². The molecule has 0 aliphatic heterocycles. The van der Waals surface area contributed by atoms with Crippen molar-refractivity contribution in [2.45, 2.75) is 0 Å². The number of aryl methyl sites for hydroxylation is 1. The van der Waals surface area contributed by atoms with Crippen LogP contribution in [0.1, 0.15) is 10.5 Å². The summed E-state index contributed by atoms with van der Waals surface area (Å²) in [4.78, 5) is 11.4. The van der Waals surface area contributed by atoms with Gasteiger partial charge >= 0.3 is 0 Å². The molecule has 78 valence electrons. The van der Waals surface area contributed by atoms with Crippen LogP contribution in [-0.4, -0.2) is 16.9 Å². The molecule has 0 unspecified atom stereocenters. The number of Topliss-reactive ketones (excluding diaryl/α,β-unsaturated/α-hetero) is 1. The third-order valence-corrected chi connectivity index (χ3v) is 2.50. The molecule has 0 atom stereocenters. The summed E-state index contributed by atoms with van der Waals surface area (Å²) in [6, 6.07) is 6.30. The summed E-state index contributed by atoms with van der Waals surface area (Å²) in [5.41, 5.74) is 6.42. The lowest BCUT2D eigenvalue weighted by atomic mass is 10.2. The zero-order valence-corrected chi connectivity index (χ0v) is 8.33. The number of hydrogen-bond donors (Lipinski definition) is 1. The van der Waals surface area contributed by atoms with E-state index in [2.05, 4.69) is 0 Å². The van der Waals surface area contributed by atoms with E-state index < -0.39 is 0 Å². The molecule has 1 heterocycles. The van der Waals surface area contributed by atoms with E-state index >= 15 is 0 Å². The molecule has 2 rings (SSSR count). The lowest BCUT2D eigenvalue weighted by Gasteiger charge is -2.00. The normalized spacial score (nSPS) is 10.9. The summed E-state index contributed by atoms with van der Waals surface area (Å²) in [7, 11) is 1.73. The summed E-state index contributed by atoms with van der Waals surface area (Å²) in [6.45, 7) is -0.0637. The quantitative estimate of drug-likeness (QED) is 0.756. The monoisotopic (exact) mass is 206 g/mol. The maximum absolute atomic E-state index is 13.4. The standard InChI is InChI=1S/C11H11FN2O/c1-14-9-4-2-3-8(12)7(9)5-10(14)11(15)6-13/h2-5H,6,13H2,1H3. The van der Waals surface area contributed by atoms with E-state index in [1.807, 2.05) is 0 Å². The van der Waals surface area contributed by atoms with Gasteiger partial charge in [-0.3, -0.25) is 4.79 Å². The van der Waals surface area contributed by atoms with Gasteiger partial charge in [0, 0.05) is 12.4 Å². The van der Waals surface area contributed by atoms with E-state index in [0.717, 1.165) is 0 Å². The largest absolute Gasteiger partial charge is 0.341 e. The van der Waals surface area contributed by atoms with Gasteiger partial charge in [0.2, 0.25) is 0 Å². The van der Waals surface area contributed by atoms with Crippen LogP contribution in [-0.2, 0) is 7.05 Å². The molecule has 0 spiro atoms. The van der Waals surface area contributed by atoms with E-state index in [9.17, 15) is 9.18 Å². The second-order valence-electron chi connectivity index (χ2n) is 3.39. The lowest BCUT2D eigenvalue weighted by Crippen LogP contribution is -2.16. The molecule has 0 bridgehead atoms. The van der Waals surface area contributed by atoms with E-state index in [1.54, 1.807) is 29.8 Å². The van der Waals surface area contributed by atoms with Crippen molar-refractivity contribution in [3.05, 3.63) is 35.8 Å². The lowest BCUT2D eigenvalue weighted by molar-refractivity contribution is 0.0994. The fourth-order valence-corrected chi connectivity index (χ4v) is 1.70. The molecule has 0 saturated heterocycles. The predicted molar refractivity (Wildman–Crippen MR) is 56.3 cm³/mol. The van der Waals surface area contributed by atoms with Crippen LogP contribution in [0.4, 0.5) is 4.39 Å². The number of halogens is 1. The van der Waals surface area contributed by atoms with Gasteiger partial charge in [0.05, 0.1) is 17.8 Å². The topological polar surface area (TPSA) is 48.0 Å². The van der Waals surface area contributed by atoms with Crippen LogP contribution in [0.3, 0.4) is 0 Å². The third-order valence-electron chi connectivity index (χ3n) is 2.50. The van der Waals surface area contributed by atoms with Crippen LogP contribution in [0.5, 0.6) is 0 Å². The Hall–Kier alpha value is -1.68. The van der Waals surface area contributed by atoms with E-state index in [-0.39, 0.29) is 18.1 Å². The number of nitrogens with two attached hydrogens (primary N) is 1. The van der Waals surface area contributed by atoms with Gasteiger partial charge in [-0.05, 0) is 18.2 Å². The van der Waals surface area contributed by atoms with Crippen molar-refractivity contribution < 1.29 is 9.18 Å². The Labute approximate surface area is 86.3 Å². The number of hydrogen-bond acceptors (Lipinski definition) is 2. The Kier molecular flexibility index (Phi) is 2.28. The minimum Gasteiger partial charge on any atom is -0.341 e. The third kappa shape index (κ3) is 1.43. The van der Waals surface area contributed by atoms with E-state index in [1.165, 1.54) is 6.07 Å². The summed E-state index contributed by atoms with van der Waals surface area (Å²) in [6.07, 6.45) is 0. The molecule has 0 saturated carbocycles. The van der Waals surface area contributed by atoms with Gasteiger partial charge in [0.15, 0.2) is 5.78 Å². The molecule has 3 nitrogen and oxygen atoms in total. The van der Waals surface area contributed by atoms with Gasteiger partial charge in [-0.1, -0.05) is 6.07 Å². The zero-order valence-electron chi connectivity index (χ0n) is 8.33. The molecule has 2 N–H and O–H groups in total. The highest BCUT2D eigenvalue weighted by Crippen LogP contribution is 2.21. The highest BCUT2D eigenvalue weighted by Gasteiger charge is 2.13. The van der Waals surface area contributed by atoms with Crippen LogP contribution in [0.25, 0.3) is 10.9 Å². The Morgan fingerprint density at radius 3 is 2.87 bits per heavy atom. The van der Waals surface area contributed by atoms with Gasteiger partial charge in [-0.25, -0.2) is 4.39 Å². The van der Waals surface area contributed by atoms with Gasteiger partial charge in [-0.2, -0.15) is 0 Å². The highest BCUT2D eigenvalue weighted by atomic mass is 19.1. The summed E-state index contributed by atoms with van der Waals surface area (Å²) < 4.78 is 15.1. The number of ketones is 1. The first kappa shape index (κ1) is 9.86. The Morgan fingerprint density at radius 1 is 1.53 bits per heavy atom. The molecular weight excluding hydrogens is 195 g/mol. The van der Waals surface area contributed by atoms with Gasteiger partial charge in [0.25, 0.3) is 0 Å². The van der Waals surface area contributed by atoms with Crippen LogP contribution in [0.2, 0.25) is 0 Å². The van der Waals surface area contributed by atoms with Crippen molar-refractivity contribution in [1.29, 1.82) is 0 Å². The summed E-state index contributed by atoms with van der Waals surface area (Å²) >= 11 is 0. The summed E-state index contributed by atoms with van der Waals surface area (Å²) in [5.74, 6) is -0.507. The first-order chi connectivity index (χ1) is 7.15. The Morgan fingerprint density at radius 2 is 2.27 bits per heavy atom. The van der Waals surface area contributed by atoms with Crippen molar-refractivity contribution >= 4 is 16.7 Å². The van der Waals surface area contributed by atoms with Crippen molar-refractivity contribution in [2.24, 2.45) is 12.8 Å². The van der Waals surface area contributed by atoms with Gasteiger partial charge in [0.1, 0.15) is 5.82 Å². The Balaban J connectivity index is 2.75. The molecule has 4 heteroatoms.